The largest absolute Gasteiger partial charge is 0.493 e. The number of pyridine rings is 9. The van der Waals surface area contributed by atoms with E-state index in [-0.39, 0.29) is 33.4 Å². The van der Waals surface area contributed by atoms with E-state index < -0.39 is 17.5 Å². The molecule has 34 heteroatoms. The first-order valence-corrected chi connectivity index (χ1v) is 49.0. The van der Waals surface area contributed by atoms with Crippen LogP contribution in [0.25, 0.3) is 118 Å². The van der Waals surface area contributed by atoms with Crippen LogP contribution in [0, 0.1) is 45.1 Å². The van der Waals surface area contributed by atoms with E-state index in [1.165, 1.54) is 51.5 Å². The van der Waals surface area contributed by atoms with E-state index >= 15 is 0 Å². The van der Waals surface area contributed by atoms with Gasteiger partial charge in [0.15, 0.2) is 45.9 Å². The smallest absolute Gasteiger partial charge is 0.258 e. The summed E-state index contributed by atoms with van der Waals surface area (Å²) in [6, 6.07) is 40.0. The van der Waals surface area contributed by atoms with Gasteiger partial charge in [-0.25, -0.2) is 58.0 Å². The maximum atomic E-state index is 14.5. The molecule has 0 atom stereocenters. The van der Waals surface area contributed by atoms with Gasteiger partial charge in [0.1, 0.15) is 33.9 Å². The summed E-state index contributed by atoms with van der Waals surface area (Å²) < 4.78 is 69.0. The van der Waals surface area contributed by atoms with E-state index in [9.17, 15) is 37.1 Å². The minimum absolute atomic E-state index is 0.0186. The third kappa shape index (κ3) is 19.9. The van der Waals surface area contributed by atoms with E-state index in [1.54, 1.807) is 108 Å². The molecular formula is C110H109F3N24O7. The molecule has 1 aliphatic carbocycles. The number of hydrogen-bond donors (Lipinski definition) is 3. The van der Waals surface area contributed by atoms with Gasteiger partial charge in [0, 0.05) is 214 Å². The molecule has 0 spiro atoms. The van der Waals surface area contributed by atoms with Crippen molar-refractivity contribution in [2.24, 2.45) is 0 Å². The maximum absolute atomic E-state index is 14.5. The molecule has 0 bridgehead atoms. The van der Waals surface area contributed by atoms with Crippen LogP contribution >= 0.6 is 0 Å². The van der Waals surface area contributed by atoms with Crippen LogP contribution in [0.3, 0.4) is 0 Å². The lowest BCUT2D eigenvalue weighted by Crippen LogP contribution is -2.47. The molecule has 31 nitrogen and oxygen atoms in total. The number of nitrogens with one attached hydrogen (secondary N) is 3. The van der Waals surface area contributed by atoms with Crippen molar-refractivity contribution in [1.29, 1.82) is 0 Å². The molecular weight excluding hydrogens is 1830 g/mol. The van der Waals surface area contributed by atoms with E-state index in [0.717, 1.165) is 225 Å². The van der Waals surface area contributed by atoms with Crippen molar-refractivity contribution < 1.29 is 22.6 Å². The first-order valence-electron chi connectivity index (χ1n) is 49.0. The molecule has 144 heavy (non-hydrogen) atoms. The topological polar surface area (TPSA) is 305 Å². The fourth-order valence-corrected chi connectivity index (χ4v) is 19.9. The average molecular weight is 1940 g/mol. The maximum Gasteiger partial charge on any atom is 0.258 e. The number of aromatic nitrogens is 18. The molecule has 18 aromatic heterocycles. The number of nitrogens with zero attached hydrogens (tertiary/aromatic N) is 21. The number of imidazole rings is 4. The number of benzene rings is 1. The van der Waals surface area contributed by atoms with Crippen molar-refractivity contribution in [2.45, 2.75) is 110 Å². The van der Waals surface area contributed by atoms with E-state index in [2.05, 4.69) is 92.7 Å². The Morgan fingerprint density at radius 3 is 1.33 bits per heavy atom. The highest BCUT2D eigenvalue weighted by Crippen LogP contribution is 2.36. The lowest BCUT2D eigenvalue weighted by Gasteiger charge is -2.36. The van der Waals surface area contributed by atoms with Crippen molar-refractivity contribution in [1.82, 2.24) is 110 Å². The highest BCUT2D eigenvalue weighted by atomic mass is 19.1. The number of likely N-dealkylation sites (N-methyl/N-ethyl adjacent to an activating group) is 1. The minimum Gasteiger partial charge on any atom is -0.493 e. The minimum atomic E-state index is -0.437. The van der Waals surface area contributed by atoms with Crippen LogP contribution in [-0.4, -0.2) is 200 Å². The number of anilines is 1. The van der Waals surface area contributed by atoms with Crippen LogP contribution in [0.15, 0.2) is 250 Å². The fraction of sp³-hybridized carbons (Fsp3) is 0.291. The second kappa shape index (κ2) is 40.3. The third-order valence-electron chi connectivity index (χ3n) is 27.7. The molecule has 4 fully saturated rings. The molecule has 1 saturated carbocycles. The Labute approximate surface area is 824 Å². The van der Waals surface area contributed by atoms with Gasteiger partial charge in [-0.15, -0.1) is 0 Å². The Balaban J connectivity index is 0.000000106. The third-order valence-corrected chi connectivity index (χ3v) is 27.7. The summed E-state index contributed by atoms with van der Waals surface area (Å²) in [5, 5.41) is 10.0. The molecule has 0 unspecified atom stereocenters. The monoisotopic (exact) mass is 1930 g/mol. The van der Waals surface area contributed by atoms with Crippen molar-refractivity contribution >= 4 is 67.7 Å². The zero-order chi connectivity index (χ0) is 99.2. The van der Waals surface area contributed by atoms with E-state index in [0.29, 0.717) is 90.9 Å². The lowest BCUT2D eigenvalue weighted by atomic mass is 9.94. The highest BCUT2D eigenvalue weighted by molar-refractivity contribution is 5.74. The summed E-state index contributed by atoms with van der Waals surface area (Å²) in [6.07, 6.45) is 37.5. The number of methoxy groups -OCH3 is 2. The molecule has 25 rings (SSSR count). The van der Waals surface area contributed by atoms with Crippen LogP contribution in [0.1, 0.15) is 121 Å². The molecule has 23 heterocycles. The van der Waals surface area contributed by atoms with Gasteiger partial charge in [-0.05, 0) is 256 Å². The first kappa shape index (κ1) is 94.5. The zero-order valence-corrected chi connectivity index (χ0v) is 81.3. The number of hydrogen-bond acceptors (Lipinski definition) is 22. The SMILES string of the molecule is CCc1cc(C2=CCNCC2)cn2c(=O)cc(-c3ccc(OC)c(OC)c3)nc12.Cc1cn2cc(-c3cc(=O)n4cc(N5CCN(C6CC6)CC5)ccc4n3)cc(F)c2n1.Cc1cn2cc(-c3ccc4nc(C5=CCN(C)CC5)cc(=O)n4c3)cc(F)c2n1.Cc1cn2cc(-c3ccc4nc(C5CCNCC5)cc(=O)n4c3)cc(F)c2n1.Cc1cn2cc(-c3ccc4nc(C5CCNCC5)cc(=O)n4c3)ccc2n1. The number of piperazine rings is 1. The van der Waals surface area contributed by atoms with Gasteiger partial charge >= 0.3 is 0 Å². The Kier molecular flexibility index (Phi) is 26.5. The fourth-order valence-electron chi connectivity index (χ4n) is 19.9. The summed E-state index contributed by atoms with van der Waals surface area (Å²) in [6.45, 7) is 21.1. The standard InChI is InChI=1S/C23H23FN6O.C23H25N3O3.C22H20FN5O.C21H20FN5O.C21H21N5O/c1-15-12-29-13-16(10-19(24)23(29)25-15)20-11-22(31)30-14-18(4-5-21(30)26-20)28-8-6-27(7-9-28)17-2-3-17;1-4-15-11-18(16-7-9-24-10-8-16)14-26-22(27)13-19(25-23(15)26)17-5-6-20(28-2)21(12-17)29-3;1-14-11-27-12-17(9-18(23)22(27)24-14)16-3-4-20-25-19(10-21(29)28(20)13-16)15-5-7-26(2)8-6-15;1-13-10-26-11-16(8-17(22)21(26)24-13)15-2-3-19-25-18(9-20(28)27(19)12-15)14-4-6-23-7-5-14;1-14-11-25-12-16(2-4-19(25)23-14)17-3-5-20-24-18(10-21(27)26(20)13-17)15-6-8-22-9-7-15/h4-5,10-14,17H,2-3,6-9H2,1H3;5-7,11-14,24H,4,8-10H2,1-3H3;3-5,9-13H,6-8H2,1-2H3;2-3,8-12,14,23H,4-7H2,1H3;2-5,10-13,15,22H,6-9H2,1H3. The molecule has 0 amide bonds. The summed E-state index contributed by atoms with van der Waals surface area (Å²) in [7, 11) is 5.26. The summed E-state index contributed by atoms with van der Waals surface area (Å²) in [5.41, 5.74) is 22.9. The Hall–Kier alpha value is -15.8. The number of fused-ring (bicyclic) bond motifs is 9. The number of ether oxygens (including phenoxy) is 2. The number of piperidine rings is 2. The Morgan fingerprint density at radius 2 is 0.806 bits per heavy atom. The van der Waals surface area contributed by atoms with E-state index in [1.807, 2.05) is 148 Å². The van der Waals surface area contributed by atoms with Crippen molar-refractivity contribution in [3.63, 3.8) is 0 Å². The van der Waals surface area contributed by atoms with Crippen molar-refractivity contribution in [3.05, 3.63) is 346 Å². The van der Waals surface area contributed by atoms with Crippen LogP contribution in [-0.2, 0) is 6.42 Å². The zero-order valence-electron chi connectivity index (χ0n) is 81.3. The van der Waals surface area contributed by atoms with Gasteiger partial charge in [0.05, 0.1) is 71.2 Å². The van der Waals surface area contributed by atoms with Crippen LogP contribution in [0.4, 0.5) is 18.9 Å². The van der Waals surface area contributed by atoms with Gasteiger partial charge < -0.3 is 52.8 Å². The number of rotatable bonds is 14. The second-order valence-corrected chi connectivity index (χ2v) is 37.8. The van der Waals surface area contributed by atoms with Crippen molar-refractivity contribution in [2.75, 3.05) is 105 Å². The molecule has 3 saturated heterocycles. The predicted molar refractivity (Wildman–Crippen MR) is 553 cm³/mol. The molecule has 1 aromatic carbocycles. The summed E-state index contributed by atoms with van der Waals surface area (Å²) in [5.74, 6) is 0.713. The number of halogens is 3. The summed E-state index contributed by atoms with van der Waals surface area (Å²) in [4.78, 5) is 112. The Morgan fingerprint density at radius 1 is 0.354 bits per heavy atom. The van der Waals surface area contributed by atoms with Crippen molar-refractivity contribution in [3.8, 4) is 67.4 Å². The molecule has 6 aliphatic rings. The van der Waals surface area contributed by atoms with E-state index in [4.69, 9.17) is 24.4 Å². The first-order chi connectivity index (χ1) is 69.9. The predicted octanol–water partition coefficient (Wildman–Crippen LogP) is 14.9. The Bertz CT molecular complexity index is 8620. The van der Waals surface area contributed by atoms with Gasteiger partial charge in [-0.3, -0.25) is 50.9 Å². The summed E-state index contributed by atoms with van der Waals surface area (Å²) >= 11 is 0. The molecule has 3 N–H and O–H groups in total. The average Bonchev–Trinajstić information content (AvgIpc) is 1.39. The molecule has 5 aliphatic heterocycles. The van der Waals surface area contributed by atoms with Crippen LogP contribution in [0.2, 0.25) is 0 Å². The van der Waals surface area contributed by atoms with Gasteiger partial charge in [0.25, 0.3) is 27.8 Å². The lowest BCUT2D eigenvalue weighted by molar-refractivity contribution is 0.248. The highest BCUT2D eigenvalue weighted by Gasteiger charge is 2.32. The second-order valence-electron chi connectivity index (χ2n) is 37.8. The molecule has 0 radical (unpaired) electrons. The molecule has 732 valence electrons. The number of aryl methyl sites for hydroxylation is 5. The quantitative estimate of drug-likeness (QED) is 0.0911. The normalized spacial score (nSPS) is 15.6. The van der Waals surface area contributed by atoms with Gasteiger partial charge in [0.2, 0.25) is 0 Å². The van der Waals surface area contributed by atoms with Gasteiger partial charge in [-0.2, -0.15) is 0 Å². The molecule has 19 aromatic rings. The van der Waals surface area contributed by atoms with Gasteiger partial charge in [-0.1, -0.05) is 19.1 Å². The van der Waals surface area contributed by atoms with Crippen LogP contribution < -0.4 is 58.1 Å². The van der Waals surface area contributed by atoms with Crippen LogP contribution in [0.5, 0.6) is 11.5 Å².